The molecule has 1 atom stereocenters. The number of oxazole rings is 1. The lowest BCUT2D eigenvalue weighted by atomic mass is 9.89. The van der Waals surface area contributed by atoms with Crippen LogP contribution in [-0.4, -0.2) is 46.2 Å². The summed E-state index contributed by atoms with van der Waals surface area (Å²) in [4.78, 5) is 19.0. The summed E-state index contributed by atoms with van der Waals surface area (Å²) < 4.78 is 51.9. The number of halogens is 3. The third kappa shape index (κ3) is 4.90. The summed E-state index contributed by atoms with van der Waals surface area (Å²) in [6, 6.07) is 8.04. The van der Waals surface area contributed by atoms with Gasteiger partial charge in [-0.3, -0.25) is 4.79 Å². The molecule has 0 spiro atoms. The Hall–Kier alpha value is -2.50. The van der Waals surface area contributed by atoms with Gasteiger partial charge in [0.05, 0.1) is 0 Å². The molecular weight excluding hydrogens is 478 g/mol. The van der Waals surface area contributed by atoms with Gasteiger partial charge in [0.25, 0.3) is 17.8 Å². The molecule has 0 bridgehead atoms. The van der Waals surface area contributed by atoms with E-state index in [0.29, 0.717) is 48.1 Å². The molecule has 8 nitrogen and oxygen atoms in total. The molecule has 1 aromatic carbocycles. The lowest BCUT2D eigenvalue weighted by molar-refractivity contribution is -0.0875. The van der Waals surface area contributed by atoms with Gasteiger partial charge in [0.15, 0.2) is 22.3 Å². The first-order valence-electron chi connectivity index (χ1n) is 10.5. The highest BCUT2D eigenvalue weighted by atomic mass is 35.5. The van der Waals surface area contributed by atoms with E-state index in [1.54, 1.807) is 18.2 Å². The summed E-state index contributed by atoms with van der Waals surface area (Å²) >= 11 is 6.00. The van der Waals surface area contributed by atoms with Gasteiger partial charge < -0.3 is 19.1 Å². The van der Waals surface area contributed by atoms with E-state index in [9.17, 15) is 17.8 Å². The van der Waals surface area contributed by atoms with Gasteiger partial charge >= 0.3 is 0 Å². The van der Waals surface area contributed by atoms with Crippen molar-refractivity contribution in [2.45, 2.75) is 48.8 Å². The highest BCUT2D eigenvalue weighted by molar-refractivity contribution is 7.82. The summed E-state index contributed by atoms with van der Waals surface area (Å²) in [5, 5.41) is 3.54. The van der Waals surface area contributed by atoms with Crippen LogP contribution < -0.4 is 14.9 Å². The van der Waals surface area contributed by atoms with Gasteiger partial charge in [-0.15, -0.1) is 0 Å². The quantitative estimate of drug-likeness (QED) is 0.535. The maximum absolute atomic E-state index is 12.9. The number of benzene rings is 1. The van der Waals surface area contributed by atoms with Crippen LogP contribution >= 0.6 is 11.6 Å². The molecule has 33 heavy (non-hydrogen) atoms. The van der Waals surface area contributed by atoms with Crippen LogP contribution in [0.15, 0.2) is 44.3 Å². The summed E-state index contributed by atoms with van der Waals surface area (Å²) in [6.07, 6.45) is 0.649. The number of anilines is 1. The molecule has 12 heteroatoms. The predicted molar refractivity (Wildman–Crippen MR) is 118 cm³/mol. The molecule has 3 aromatic rings. The minimum atomic E-state index is -2.71. The van der Waals surface area contributed by atoms with E-state index in [1.165, 1.54) is 12.1 Å². The second-order valence-corrected chi connectivity index (χ2v) is 9.92. The highest BCUT2D eigenvalue weighted by Crippen LogP contribution is 2.37. The van der Waals surface area contributed by atoms with E-state index in [1.807, 2.05) is 4.90 Å². The van der Waals surface area contributed by atoms with Crippen LogP contribution in [-0.2, 0) is 11.0 Å². The topological polar surface area (TPSA) is 101 Å². The van der Waals surface area contributed by atoms with Crippen molar-refractivity contribution in [3.63, 3.8) is 0 Å². The third-order valence-corrected chi connectivity index (χ3v) is 7.16. The van der Waals surface area contributed by atoms with Crippen molar-refractivity contribution in [2.24, 2.45) is 0 Å². The lowest BCUT2D eigenvalue weighted by Gasteiger charge is -2.34. The van der Waals surface area contributed by atoms with Crippen molar-refractivity contribution in [3.8, 4) is 0 Å². The van der Waals surface area contributed by atoms with Gasteiger partial charge in [0, 0.05) is 43.0 Å². The molecule has 1 amide bonds. The molecule has 1 aliphatic heterocycles. The fourth-order valence-electron chi connectivity index (χ4n) is 3.99. The number of carbonyl (C=O) groups excluding carboxylic acids is 1. The van der Waals surface area contributed by atoms with Crippen LogP contribution in [0.25, 0.3) is 11.1 Å². The first-order chi connectivity index (χ1) is 15.8. The number of alkyl halides is 2. The van der Waals surface area contributed by atoms with E-state index < -0.39 is 28.9 Å². The van der Waals surface area contributed by atoms with Gasteiger partial charge in [0.2, 0.25) is 5.09 Å². The number of nitrogens with zero attached hydrogens (tertiary/aromatic N) is 2. The Labute approximate surface area is 195 Å². The van der Waals surface area contributed by atoms with Gasteiger partial charge in [-0.05, 0) is 43.2 Å². The molecule has 2 aliphatic rings. The molecule has 176 valence electrons. The summed E-state index contributed by atoms with van der Waals surface area (Å²) in [6.45, 7) is 1.30. The van der Waals surface area contributed by atoms with Gasteiger partial charge in [-0.25, -0.2) is 17.7 Å². The second-order valence-electron chi connectivity index (χ2n) is 8.31. The monoisotopic (exact) mass is 498 g/mol. The van der Waals surface area contributed by atoms with Crippen molar-refractivity contribution in [2.75, 3.05) is 18.0 Å². The first kappa shape index (κ1) is 22.3. The fraction of sp³-hybridized carbons (Fsp3) is 0.429. The molecule has 5 rings (SSSR count). The Morgan fingerprint density at radius 2 is 1.91 bits per heavy atom. The Kier molecular flexibility index (Phi) is 5.87. The zero-order chi connectivity index (χ0) is 23.2. The molecule has 1 saturated heterocycles. The maximum Gasteiger partial charge on any atom is 0.298 e. The van der Waals surface area contributed by atoms with Crippen molar-refractivity contribution >= 4 is 45.6 Å². The number of amides is 1. The minimum absolute atomic E-state index is 0.0253. The van der Waals surface area contributed by atoms with Crippen molar-refractivity contribution in [1.29, 1.82) is 0 Å². The maximum atomic E-state index is 12.9. The van der Waals surface area contributed by atoms with Crippen LogP contribution in [0.3, 0.4) is 0 Å². The van der Waals surface area contributed by atoms with Crippen molar-refractivity contribution in [1.82, 2.24) is 15.0 Å². The second kappa shape index (κ2) is 8.69. The van der Waals surface area contributed by atoms with Crippen LogP contribution in [0.2, 0.25) is 5.02 Å². The van der Waals surface area contributed by atoms with E-state index in [4.69, 9.17) is 20.4 Å². The minimum Gasteiger partial charge on any atom is -0.441 e. The van der Waals surface area contributed by atoms with E-state index >= 15 is 0 Å². The molecule has 1 unspecified atom stereocenters. The number of aromatic nitrogens is 1. The van der Waals surface area contributed by atoms with Crippen LogP contribution in [0, 0.1) is 0 Å². The normalized spacial score (nSPS) is 20.0. The summed E-state index contributed by atoms with van der Waals surface area (Å²) in [5.74, 6) is -3.10. The Bertz CT molecular complexity index is 1200. The Morgan fingerprint density at radius 1 is 1.15 bits per heavy atom. The number of furan rings is 1. The fourth-order valence-corrected chi connectivity index (χ4v) is 5.10. The van der Waals surface area contributed by atoms with E-state index in [2.05, 4.69) is 15.0 Å². The number of nitrogens with one attached hydrogen (secondary N) is 2. The zero-order valence-electron chi connectivity index (χ0n) is 17.4. The number of fused-ring (bicyclic) bond motifs is 1. The number of hydrogen-bond acceptors (Lipinski definition) is 6. The van der Waals surface area contributed by atoms with Gasteiger partial charge in [-0.1, -0.05) is 11.6 Å². The molecule has 2 aromatic heterocycles. The number of rotatable bonds is 6. The summed E-state index contributed by atoms with van der Waals surface area (Å²) in [5.41, 5.74) is 1.36. The molecular formula is C21H21ClF2N4O4S. The number of hydrogen-bond donors (Lipinski definition) is 2. The predicted octanol–water partition coefficient (Wildman–Crippen LogP) is 3.88. The molecule has 0 radical (unpaired) electrons. The molecule has 2 fully saturated rings. The van der Waals surface area contributed by atoms with Crippen molar-refractivity contribution < 1.29 is 26.6 Å². The summed E-state index contributed by atoms with van der Waals surface area (Å²) in [7, 11) is -1.79. The first-order valence-corrected chi connectivity index (χ1v) is 12.1. The van der Waals surface area contributed by atoms with Crippen LogP contribution in [0.5, 0.6) is 0 Å². The van der Waals surface area contributed by atoms with Crippen LogP contribution in [0.1, 0.15) is 36.2 Å². The molecule has 2 N–H and O–H groups in total. The van der Waals surface area contributed by atoms with Crippen molar-refractivity contribution in [3.05, 3.63) is 41.1 Å². The average Bonchev–Trinajstić information content (AvgIpc) is 3.40. The lowest BCUT2D eigenvalue weighted by Crippen LogP contribution is -2.48. The Balaban J connectivity index is 1.13. The molecule has 1 saturated carbocycles. The van der Waals surface area contributed by atoms with Gasteiger partial charge in [0.1, 0.15) is 5.52 Å². The van der Waals surface area contributed by atoms with Crippen LogP contribution in [0.4, 0.5) is 14.8 Å². The van der Waals surface area contributed by atoms with E-state index in [-0.39, 0.29) is 29.7 Å². The molecule has 1 aliphatic carbocycles. The molecule has 3 heterocycles. The standard InChI is InChI=1S/C21H21ClF2N4O4S/c22-12-1-2-16-15(9-12)26-20(32-16)28-7-5-13(6-8-28)25-19(29)17-3-4-18(31-17)33(30)27-14-10-21(23,24)11-14/h1-4,9,13-14,27H,5-8,10-11H2,(H,25,29). The smallest absolute Gasteiger partial charge is 0.298 e. The van der Waals surface area contributed by atoms with Gasteiger partial charge in [-0.2, -0.15) is 4.98 Å². The zero-order valence-corrected chi connectivity index (χ0v) is 18.9. The number of piperidine rings is 1. The number of carbonyl (C=O) groups is 1. The van der Waals surface area contributed by atoms with E-state index in [0.717, 1.165) is 0 Å². The largest absolute Gasteiger partial charge is 0.441 e. The Morgan fingerprint density at radius 3 is 2.64 bits per heavy atom. The SMILES string of the molecule is O=C(NC1CCN(c2nc3cc(Cl)ccc3o2)CC1)c1ccc(S(=O)NC2CC(F)(F)C2)o1. The highest BCUT2D eigenvalue weighted by Gasteiger charge is 2.46. The third-order valence-electron chi connectivity index (χ3n) is 5.79. The average molecular weight is 499 g/mol.